The van der Waals surface area contributed by atoms with Gasteiger partial charge in [0.05, 0.1) is 14.8 Å². The van der Waals surface area contributed by atoms with Crippen molar-refractivity contribution in [2.45, 2.75) is 0 Å². The van der Waals surface area contributed by atoms with Crippen molar-refractivity contribution in [3.63, 3.8) is 0 Å². The van der Waals surface area contributed by atoms with Gasteiger partial charge in [0.25, 0.3) is 5.91 Å². The van der Waals surface area contributed by atoms with E-state index in [2.05, 4.69) is 57.1 Å². The van der Waals surface area contributed by atoms with E-state index in [0.717, 1.165) is 23.8 Å². The lowest BCUT2D eigenvalue weighted by molar-refractivity contribution is 0.102. The maximum atomic E-state index is 12.7. The molecule has 0 saturated carbocycles. The third-order valence-corrected chi connectivity index (χ3v) is 6.98. The summed E-state index contributed by atoms with van der Waals surface area (Å²) in [5, 5.41) is 14.2. The van der Waals surface area contributed by atoms with Gasteiger partial charge in [0.2, 0.25) is 0 Å². The summed E-state index contributed by atoms with van der Waals surface area (Å²) < 4.78 is 2.33. The van der Waals surface area contributed by atoms with Crippen LogP contribution < -0.4 is 5.32 Å². The summed E-state index contributed by atoms with van der Waals surface area (Å²) in [4.78, 5) is 12.7. The molecule has 0 aliphatic rings. The zero-order chi connectivity index (χ0) is 21.3. The van der Waals surface area contributed by atoms with Crippen molar-refractivity contribution in [2.75, 3.05) is 5.32 Å². The number of phenolic OH excluding ortho intramolecular Hbond substituents is 1. The molecule has 0 aliphatic heterocycles. The van der Waals surface area contributed by atoms with Gasteiger partial charge in [0.15, 0.2) is 0 Å². The lowest BCUT2D eigenvalue weighted by Crippen LogP contribution is -2.14. The number of aromatic hydroxyl groups is 1. The molecule has 0 bridgehead atoms. The number of phenols is 1. The second-order valence-electron chi connectivity index (χ2n) is 6.04. The predicted octanol–water partition coefficient (Wildman–Crippen LogP) is 7.83. The maximum absolute atomic E-state index is 12.7. The highest BCUT2D eigenvalue weighted by atomic mass is 127. The van der Waals surface area contributed by atoms with E-state index >= 15 is 0 Å². The molecule has 0 radical (unpaired) electrons. The third-order valence-electron chi connectivity index (χ3n) is 4.09. The van der Waals surface area contributed by atoms with Crippen molar-refractivity contribution >= 4 is 108 Å². The minimum absolute atomic E-state index is 0.0269. The van der Waals surface area contributed by atoms with Crippen LogP contribution in [0.4, 0.5) is 5.69 Å². The molecule has 2 N–H and O–H groups in total. The number of carbonyl (C=O) groups excluding carboxylic acids is 1. The molecule has 0 spiro atoms. The van der Waals surface area contributed by atoms with Crippen molar-refractivity contribution in [3.05, 3.63) is 92.6 Å². The lowest BCUT2D eigenvalue weighted by Gasteiger charge is -2.13. The van der Waals surface area contributed by atoms with E-state index in [1.807, 2.05) is 40.8 Å². The zero-order valence-corrected chi connectivity index (χ0v) is 22.6. The van der Waals surface area contributed by atoms with Gasteiger partial charge in [-0.3, -0.25) is 4.79 Å². The monoisotopic (exact) mass is 761 g/mol. The molecule has 8 heteroatoms. The van der Waals surface area contributed by atoms with Crippen LogP contribution in [0.1, 0.15) is 21.5 Å². The van der Waals surface area contributed by atoms with Crippen LogP contribution in [0.3, 0.4) is 0 Å². The Morgan fingerprint density at radius 3 is 2.31 bits per heavy atom. The molecule has 0 saturated heterocycles. The van der Waals surface area contributed by atoms with E-state index < -0.39 is 0 Å². The number of carbonyl (C=O) groups is 1. The molecular formula is C21H12Cl2I3NO2. The molecule has 1 amide bonds. The van der Waals surface area contributed by atoms with E-state index in [1.54, 1.807) is 30.3 Å². The Hall–Kier alpha value is -0.560. The molecule has 0 atom stereocenters. The smallest absolute Gasteiger partial charge is 0.259 e. The Morgan fingerprint density at radius 1 is 0.931 bits per heavy atom. The van der Waals surface area contributed by atoms with Crippen LogP contribution in [0.25, 0.3) is 5.57 Å². The molecule has 29 heavy (non-hydrogen) atoms. The van der Waals surface area contributed by atoms with Crippen LogP contribution in [0, 0.1) is 10.7 Å². The molecular weight excluding hydrogens is 750 g/mol. The van der Waals surface area contributed by atoms with Crippen molar-refractivity contribution in [1.29, 1.82) is 0 Å². The molecule has 3 aromatic rings. The van der Waals surface area contributed by atoms with E-state index in [0.29, 0.717) is 19.3 Å². The topological polar surface area (TPSA) is 49.3 Å². The van der Waals surface area contributed by atoms with Crippen LogP contribution in [0.2, 0.25) is 10.0 Å². The Balaban J connectivity index is 1.86. The first-order valence-electron chi connectivity index (χ1n) is 8.11. The molecule has 0 aliphatic carbocycles. The molecule has 3 nitrogen and oxygen atoms in total. The Morgan fingerprint density at radius 2 is 1.66 bits per heavy atom. The first-order valence-corrected chi connectivity index (χ1v) is 12.1. The van der Waals surface area contributed by atoms with Gasteiger partial charge in [0, 0.05) is 22.7 Å². The zero-order valence-electron chi connectivity index (χ0n) is 14.6. The molecule has 0 fully saturated rings. The highest BCUT2D eigenvalue weighted by Gasteiger charge is 2.17. The SMILES string of the molecule is C=C(c1ccc(NC(=O)c2cc(I)cc(I)c2O)c(I)c1)c1ccc(Cl)cc1Cl. The van der Waals surface area contributed by atoms with E-state index in [4.69, 9.17) is 23.2 Å². The number of hydrogen-bond acceptors (Lipinski definition) is 2. The fourth-order valence-electron chi connectivity index (χ4n) is 2.62. The largest absolute Gasteiger partial charge is 0.506 e. The van der Waals surface area contributed by atoms with Gasteiger partial charge >= 0.3 is 0 Å². The highest BCUT2D eigenvalue weighted by molar-refractivity contribution is 14.1. The van der Waals surface area contributed by atoms with E-state index in [-0.39, 0.29) is 17.2 Å². The van der Waals surface area contributed by atoms with Gasteiger partial charge in [-0.15, -0.1) is 0 Å². The maximum Gasteiger partial charge on any atom is 0.259 e. The Labute approximate surface area is 219 Å². The number of hydrogen-bond donors (Lipinski definition) is 2. The highest BCUT2D eigenvalue weighted by Crippen LogP contribution is 2.33. The summed E-state index contributed by atoms with van der Waals surface area (Å²) in [7, 11) is 0. The first-order chi connectivity index (χ1) is 13.7. The Bertz CT molecular complexity index is 1150. The summed E-state index contributed by atoms with van der Waals surface area (Å²) in [6.07, 6.45) is 0. The predicted molar refractivity (Wildman–Crippen MR) is 145 cm³/mol. The fourth-order valence-corrected chi connectivity index (χ4v) is 5.64. The molecule has 148 valence electrons. The molecule has 0 aromatic heterocycles. The third kappa shape index (κ3) is 5.38. The average molecular weight is 762 g/mol. The minimum atomic E-state index is -0.371. The number of rotatable bonds is 4. The van der Waals surface area contributed by atoms with Gasteiger partial charge in [-0.1, -0.05) is 41.9 Å². The quantitative estimate of drug-likeness (QED) is 0.267. The van der Waals surface area contributed by atoms with Crippen LogP contribution in [0.15, 0.2) is 55.1 Å². The van der Waals surface area contributed by atoms with Gasteiger partial charge in [-0.25, -0.2) is 0 Å². The van der Waals surface area contributed by atoms with Gasteiger partial charge in [0.1, 0.15) is 5.75 Å². The molecule has 0 heterocycles. The standard InChI is InChI=1S/C21H12Cl2I3NO2/c1-10(14-4-3-12(22)7-16(14)23)11-2-5-19(17(25)6-11)27-21(29)15-8-13(24)9-18(26)20(15)28/h2-9,28H,1H2,(H,27,29). The van der Waals surface area contributed by atoms with E-state index in [1.165, 1.54) is 0 Å². The summed E-state index contributed by atoms with van der Waals surface area (Å²) >= 11 is 18.5. The number of benzene rings is 3. The minimum Gasteiger partial charge on any atom is -0.506 e. The average Bonchev–Trinajstić information content (AvgIpc) is 2.65. The number of halogens is 5. The van der Waals surface area contributed by atoms with Gasteiger partial charge in [-0.2, -0.15) is 0 Å². The van der Waals surface area contributed by atoms with Crippen molar-refractivity contribution in [2.24, 2.45) is 0 Å². The van der Waals surface area contributed by atoms with Gasteiger partial charge in [-0.05, 0) is 115 Å². The second-order valence-corrected chi connectivity index (χ2v) is 10.4. The van der Waals surface area contributed by atoms with E-state index in [9.17, 15) is 9.90 Å². The van der Waals surface area contributed by atoms with Gasteiger partial charge < -0.3 is 10.4 Å². The van der Waals surface area contributed by atoms with Crippen molar-refractivity contribution in [3.8, 4) is 5.75 Å². The van der Waals surface area contributed by atoms with Crippen LogP contribution in [0.5, 0.6) is 5.75 Å². The number of nitrogens with one attached hydrogen (secondary N) is 1. The van der Waals surface area contributed by atoms with Crippen LogP contribution in [-0.2, 0) is 0 Å². The van der Waals surface area contributed by atoms with Crippen LogP contribution >= 0.6 is 91.0 Å². The molecule has 3 aromatic carbocycles. The lowest BCUT2D eigenvalue weighted by atomic mass is 9.99. The number of anilines is 1. The summed E-state index contributed by atoms with van der Waals surface area (Å²) in [5.41, 5.74) is 3.30. The first kappa shape index (κ1) is 23.1. The summed E-state index contributed by atoms with van der Waals surface area (Å²) in [6, 6.07) is 14.3. The van der Waals surface area contributed by atoms with Crippen LogP contribution in [-0.4, -0.2) is 11.0 Å². The number of amides is 1. The normalized spacial score (nSPS) is 10.7. The Kier molecular flexibility index (Phi) is 7.74. The fraction of sp³-hybridized carbons (Fsp3) is 0. The second kappa shape index (κ2) is 9.71. The molecule has 3 rings (SSSR count). The van der Waals surface area contributed by atoms with Crippen molar-refractivity contribution in [1.82, 2.24) is 0 Å². The summed E-state index contributed by atoms with van der Waals surface area (Å²) in [6.45, 7) is 4.14. The molecule has 0 unspecified atom stereocenters. The summed E-state index contributed by atoms with van der Waals surface area (Å²) in [5.74, 6) is -0.398. The van der Waals surface area contributed by atoms with Crippen molar-refractivity contribution < 1.29 is 9.90 Å².